The van der Waals surface area contributed by atoms with Crippen molar-refractivity contribution in [1.82, 2.24) is 4.90 Å². The maximum absolute atomic E-state index is 12.5. The highest BCUT2D eigenvalue weighted by Crippen LogP contribution is 2.23. The summed E-state index contributed by atoms with van der Waals surface area (Å²) in [5.41, 5.74) is 1.69. The smallest absolute Gasteiger partial charge is 0.255 e. The van der Waals surface area contributed by atoms with Crippen LogP contribution in [-0.2, 0) is 4.79 Å². The Labute approximate surface area is 188 Å². The highest BCUT2D eigenvalue weighted by atomic mass is 16.5. The van der Waals surface area contributed by atoms with Crippen molar-refractivity contribution in [3.05, 3.63) is 84.4 Å². The predicted octanol–water partition coefficient (Wildman–Crippen LogP) is 3.90. The van der Waals surface area contributed by atoms with Crippen LogP contribution in [0.1, 0.15) is 10.4 Å². The number of nitrogens with one attached hydrogen (secondary N) is 2. The molecule has 0 unspecified atom stereocenters. The van der Waals surface area contributed by atoms with Crippen molar-refractivity contribution in [2.24, 2.45) is 0 Å². The third-order valence-electron chi connectivity index (χ3n) is 4.68. The summed E-state index contributed by atoms with van der Waals surface area (Å²) in [6, 6.07) is 23.5. The number of hydrogen-bond acceptors (Lipinski definition) is 5. The van der Waals surface area contributed by atoms with Gasteiger partial charge in [0.05, 0.1) is 19.3 Å². The van der Waals surface area contributed by atoms with E-state index in [4.69, 9.17) is 9.47 Å². The number of carbonyl (C=O) groups is 2. The number of hydrogen-bond donors (Lipinski definition) is 2. The minimum absolute atomic E-state index is 0.140. The molecule has 7 nitrogen and oxygen atoms in total. The van der Waals surface area contributed by atoms with Crippen molar-refractivity contribution >= 4 is 23.2 Å². The molecule has 0 aliphatic carbocycles. The van der Waals surface area contributed by atoms with Crippen molar-refractivity contribution in [3.63, 3.8) is 0 Å². The Morgan fingerprint density at radius 3 is 2.28 bits per heavy atom. The van der Waals surface area contributed by atoms with Crippen LogP contribution in [-0.4, -0.2) is 50.6 Å². The average molecular weight is 434 g/mol. The molecule has 2 N–H and O–H groups in total. The number of carbonyl (C=O) groups excluding carboxylic acids is 2. The maximum Gasteiger partial charge on any atom is 0.255 e. The van der Waals surface area contributed by atoms with Gasteiger partial charge < -0.3 is 20.1 Å². The lowest BCUT2D eigenvalue weighted by atomic mass is 10.2. The van der Waals surface area contributed by atoms with Gasteiger partial charge >= 0.3 is 0 Å². The Bertz CT molecular complexity index is 1020. The summed E-state index contributed by atoms with van der Waals surface area (Å²) in [5, 5.41) is 5.67. The molecule has 0 atom stereocenters. The number of methoxy groups -OCH3 is 1. The quantitative estimate of drug-likeness (QED) is 0.507. The van der Waals surface area contributed by atoms with Gasteiger partial charge in [-0.3, -0.25) is 14.5 Å². The van der Waals surface area contributed by atoms with Gasteiger partial charge in [0.2, 0.25) is 5.91 Å². The first-order chi connectivity index (χ1) is 15.5. The second-order valence-electron chi connectivity index (χ2n) is 7.18. The van der Waals surface area contributed by atoms with Crippen molar-refractivity contribution in [1.29, 1.82) is 0 Å². The highest BCUT2D eigenvalue weighted by molar-refractivity contribution is 6.05. The molecular weight excluding hydrogens is 406 g/mol. The van der Waals surface area contributed by atoms with E-state index in [1.54, 1.807) is 43.5 Å². The molecule has 0 aromatic heterocycles. The number of benzene rings is 3. The first-order valence-electron chi connectivity index (χ1n) is 10.3. The van der Waals surface area contributed by atoms with Crippen molar-refractivity contribution in [3.8, 4) is 11.5 Å². The predicted molar refractivity (Wildman–Crippen MR) is 125 cm³/mol. The van der Waals surface area contributed by atoms with E-state index in [1.165, 1.54) is 0 Å². The van der Waals surface area contributed by atoms with Crippen LogP contribution < -0.4 is 20.1 Å². The zero-order valence-electron chi connectivity index (χ0n) is 18.2. The van der Waals surface area contributed by atoms with E-state index < -0.39 is 0 Å². The van der Waals surface area contributed by atoms with Gasteiger partial charge in [0, 0.05) is 17.8 Å². The van der Waals surface area contributed by atoms with Crippen LogP contribution in [0.4, 0.5) is 11.4 Å². The molecular formula is C25H27N3O4. The number of amides is 2. The van der Waals surface area contributed by atoms with E-state index in [9.17, 15) is 9.59 Å². The summed E-state index contributed by atoms with van der Waals surface area (Å²) < 4.78 is 10.9. The number of likely N-dealkylation sites (N-methyl/N-ethyl adjacent to an activating group) is 1. The summed E-state index contributed by atoms with van der Waals surface area (Å²) in [6.45, 7) is 1.34. The number of ether oxygens (including phenoxy) is 2. The second-order valence-corrected chi connectivity index (χ2v) is 7.18. The molecule has 0 saturated carbocycles. The lowest BCUT2D eigenvalue weighted by Gasteiger charge is -2.16. The largest absolute Gasteiger partial charge is 0.495 e. The summed E-state index contributed by atoms with van der Waals surface area (Å²) in [5.74, 6) is 0.993. The molecule has 2 amide bonds. The molecule has 0 heterocycles. The van der Waals surface area contributed by atoms with Crippen LogP contribution in [0.25, 0.3) is 0 Å². The van der Waals surface area contributed by atoms with Gasteiger partial charge in [-0.2, -0.15) is 0 Å². The molecule has 3 aromatic rings. The molecule has 0 saturated heterocycles. The minimum Gasteiger partial charge on any atom is -0.495 e. The molecule has 3 aromatic carbocycles. The van der Waals surface area contributed by atoms with E-state index in [2.05, 4.69) is 10.6 Å². The Morgan fingerprint density at radius 2 is 1.56 bits per heavy atom. The van der Waals surface area contributed by atoms with Gasteiger partial charge in [-0.25, -0.2) is 0 Å². The third-order valence-corrected chi connectivity index (χ3v) is 4.68. The molecule has 166 valence electrons. The molecule has 3 rings (SSSR count). The van der Waals surface area contributed by atoms with Gasteiger partial charge in [0.15, 0.2) is 0 Å². The molecule has 0 aliphatic rings. The van der Waals surface area contributed by atoms with Crippen LogP contribution in [0.3, 0.4) is 0 Å². The van der Waals surface area contributed by atoms with E-state index in [0.717, 1.165) is 5.75 Å². The normalized spacial score (nSPS) is 10.5. The maximum atomic E-state index is 12.5. The van der Waals surface area contributed by atoms with Gasteiger partial charge in [0.25, 0.3) is 5.91 Å². The standard InChI is InChI=1S/C25H27N3O4/c1-28(16-17-32-21-8-4-3-5-9-21)18-24(29)26-20-14-12-19(13-15-20)25(30)27-22-10-6-7-11-23(22)31-2/h3-15H,16-18H2,1-2H3,(H,26,29)(H,27,30). The van der Waals surface area contributed by atoms with Crippen LogP contribution in [0, 0.1) is 0 Å². The van der Waals surface area contributed by atoms with Crippen LogP contribution in [0.15, 0.2) is 78.9 Å². The number of para-hydroxylation sites is 3. The fourth-order valence-electron chi connectivity index (χ4n) is 3.01. The van der Waals surface area contributed by atoms with Gasteiger partial charge in [-0.05, 0) is 55.6 Å². The molecule has 0 radical (unpaired) electrons. The molecule has 0 spiro atoms. The van der Waals surface area contributed by atoms with Gasteiger partial charge in [-0.15, -0.1) is 0 Å². The summed E-state index contributed by atoms with van der Waals surface area (Å²) in [4.78, 5) is 26.7. The van der Waals surface area contributed by atoms with Crippen molar-refractivity contribution in [2.45, 2.75) is 0 Å². The fourth-order valence-corrected chi connectivity index (χ4v) is 3.01. The van der Waals surface area contributed by atoms with Gasteiger partial charge in [0.1, 0.15) is 18.1 Å². The summed E-state index contributed by atoms with van der Waals surface area (Å²) in [7, 11) is 3.41. The average Bonchev–Trinajstić information content (AvgIpc) is 2.80. The topological polar surface area (TPSA) is 79.9 Å². The monoisotopic (exact) mass is 433 g/mol. The van der Waals surface area contributed by atoms with Crippen LogP contribution >= 0.6 is 0 Å². The van der Waals surface area contributed by atoms with Crippen LogP contribution in [0.5, 0.6) is 11.5 Å². The first-order valence-corrected chi connectivity index (χ1v) is 10.3. The van der Waals surface area contributed by atoms with E-state index in [0.29, 0.717) is 35.8 Å². The van der Waals surface area contributed by atoms with Crippen molar-refractivity contribution in [2.75, 3.05) is 44.5 Å². The Hall–Kier alpha value is -3.84. The third kappa shape index (κ3) is 6.85. The zero-order chi connectivity index (χ0) is 22.8. The lowest BCUT2D eigenvalue weighted by Crippen LogP contribution is -2.33. The second kappa shape index (κ2) is 11.5. The Balaban J connectivity index is 1.45. The fraction of sp³-hybridized carbons (Fsp3) is 0.200. The van der Waals surface area contributed by atoms with Gasteiger partial charge in [-0.1, -0.05) is 30.3 Å². The zero-order valence-corrected chi connectivity index (χ0v) is 18.2. The molecule has 7 heteroatoms. The summed E-state index contributed by atoms with van der Waals surface area (Å²) in [6.07, 6.45) is 0. The Morgan fingerprint density at radius 1 is 0.875 bits per heavy atom. The van der Waals surface area contributed by atoms with Crippen molar-refractivity contribution < 1.29 is 19.1 Å². The number of nitrogens with zero attached hydrogens (tertiary/aromatic N) is 1. The minimum atomic E-state index is -0.259. The Kier molecular flexibility index (Phi) is 8.22. The molecule has 0 fully saturated rings. The first kappa shape index (κ1) is 22.8. The number of anilines is 2. The molecule has 32 heavy (non-hydrogen) atoms. The summed E-state index contributed by atoms with van der Waals surface area (Å²) >= 11 is 0. The number of rotatable bonds is 10. The molecule has 0 aliphatic heterocycles. The molecule has 0 bridgehead atoms. The lowest BCUT2D eigenvalue weighted by molar-refractivity contribution is -0.117. The highest BCUT2D eigenvalue weighted by Gasteiger charge is 2.11. The van der Waals surface area contributed by atoms with E-state index in [1.807, 2.05) is 54.4 Å². The SMILES string of the molecule is COc1ccccc1NC(=O)c1ccc(NC(=O)CN(C)CCOc2ccccc2)cc1. The van der Waals surface area contributed by atoms with E-state index in [-0.39, 0.29) is 18.4 Å². The van der Waals surface area contributed by atoms with Crippen LogP contribution in [0.2, 0.25) is 0 Å². The van der Waals surface area contributed by atoms with E-state index >= 15 is 0 Å².